The van der Waals surface area contributed by atoms with Gasteiger partial charge in [0.2, 0.25) is 5.95 Å². The summed E-state index contributed by atoms with van der Waals surface area (Å²) in [6.45, 7) is 6.42. The molecule has 0 radical (unpaired) electrons. The molecule has 3 rings (SSSR count). The number of nitrogen functional groups attached to an aromatic ring is 1. The maximum Gasteiger partial charge on any atom is 0.201 e. The summed E-state index contributed by atoms with van der Waals surface area (Å²) in [7, 11) is 0. The lowest BCUT2D eigenvalue weighted by atomic mass is 10.2. The number of nitrogens with two attached hydrogens (primary N) is 1. The molecule has 20 heavy (non-hydrogen) atoms. The van der Waals surface area contributed by atoms with Gasteiger partial charge in [-0.05, 0) is 19.1 Å². The molecule has 1 aromatic carbocycles. The van der Waals surface area contributed by atoms with Gasteiger partial charge in [-0.1, -0.05) is 0 Å². The molecule has 1 unspecified atom stereocenters. The first-order valence-electron chi connectivity index (χ1n) is 6.88. The molecule has 2 heterocycles. The van der Waals surface area contributed by atoms with Crippen LogP contribution in [-0.2, 0) is 4.74 Å². The van der Waals surface area contributed by atoms with Crippen LogP contribution in [0.5, 0.6) is 0 Å². The topological polar surface area (TPSA) is 56.3 Å². The van der Waals surface area contributed by atoms with Crippen LogP contribution in [-0.4, -0.2) is 47.3 Å². The van der Waals surface area contributed by atoms with Crippen molar-refractivity contribution in [2.24, 2.45) is 0 Å². The second kappa shape index (κ2) is 5.38. The summed E-state index contributed by atoms with van der Waals surface area (Å²) >= 11 is 0. The largest absolute Gasteiger partial charge is 0.379 e. The van der Waals surface area contributed by atoms with Gasteiger partial charge >= 0.3 is 0 Å². The van der Waals surface area contributed by atoms with Crippen molar-refractivity contribution >= 4 is 17.0 Å². The Bertz CT molecular complexity index is 606. The van der Waals surface area contributed by atoms with Gasteiger partial charge in [-0.2, -0.15) is 0 Å². The summed E-state index contributed by atoms with van der Waals surface area (Å²) < 4.78 is 20.6. The Morgan fingerprint density at radius 3 is 2.90 bits per heavy atom. The monoisotopic (exact) mass is 278 g/mol. The van der Waals surface area contributed by atoms with Gasteiger partial charge < -0.3 is 15.0 Å². The Hall–Kier alpha value is -1.66. The Morgan fingerprint density at radius 2 is 2.15 bits per heavy atom. The predicted octanol–water partition coefficient (Wildman–Crippen LogP) is 1.65. The molecule has 1 aromatic heterocycles. The van der Waals surface area contributed by atoms with Crippen LogP contribution in [0.25, 0.3) is 11.0 Å². The quantitative estimate of drug-likeness (QED) is 0.927. The lowest BCUT2D eigenvalue weighted by Crippen LogP contribution is -2.39. The molecule has 1 atom stereocenters. The van der Waals surface area contributed by atoms with E-state index in [1.807, 2.05) is 4.57 Å². The first kappa shape index (κ1) is 13.3. The van der Waals surface area contributed by atoms with Crippen molar-refractivity contribution in [3.63, 3.8) is 0 Å². The van der Waals surface area contributed by atoms with Gasteiger partial charge in [-0.25, -0.2) is 9.37 Å². The van der Waals surface area contributed by atoms with Gasteiger partial charge in [0.25, 0.3) is 0 Å². The molecule has 108 valence electrons. The number of fused-ring (bicyclic) bond motifs is 1. The summed E-state index contributed by atoms with van der Waals surface area (Å²) in [5.41, 5.74) is 7.48. The van der Waals surface area contributed by atoms with Gasteiger partial charge in [0.1, 0.15) is 5.82 Å². The van der Waals surface area contributed by atoms with Crippen LogP contribution in [0.3, 0.4) is 0 Å². The molecule has 0 spiro atoms. The van der Waals surface area contributed by atoms with E-state index in [-0.39, 0.29) is 11.9 Å². The zero-order valence-corrected chi connectivity index (χ0v) is 11.6. The molecular formula is C14H19FN4O. The summed E-state index contributed by atoms with van der Waals surface area (Å²) in [4.78, 5) is 6.60. The molecule has 1 saturated heterocycles. The molecule has 6 heteroatoms. The third-order valence-electron chi connectivity index (χ3n) is 3.75. The van der Waals surface area contributed by atoms with E-state index in [4.69, 9.17) is 10.5 Å². The molecular weight excluding hydrogens is 259 g/mol. The zero-order valence-electron chi connectivity index (χ0n) is 11.6. The fraction of sp³-hybridized carbons (Fsp3) is 0.500. The Balaban J connectivity index is 1.86. The van der Waals surface area contributed by atoms with E-state index in [0.29, 0.717) is 11.5 Å². The maximum absolute atomic E-state index is 13.2. The SMILES string of the molecule is CC(CN1CCOCC1)n1c(N)nc2cc(F)ccc21. The minimum atomic E-state index is -0.289. The number of benzene rings is 1. The van der Waals surface area contributed by atoms with Gasteiger partial charge in [-0.15, -0.1) is 0 Å². The number of morpholine rings is 1. The predicted molar refractivity (Wildman–Crippen MR) is 76.1 cm³/mol. The summed E-state index contributed by atoms with van der Waals surface area (Å²) in [6, 6.07) is 4.79. The second-order valence-electron chi connectivity index (χ2n) is 5.24. The van der Waals surface area contributed by atoms with Crippen molar-refractivity contribution in [3.05, 3.63) is 24.0 Å². The van der Waals surface area contributed by atoms with Crippen LogP contribution >= 0.6 is 0 Å². The molecule has 1 aliphatic rings. The van der Waals surface area contributed by atoms with Crippen molar-refractivity contribution in [3.8, 4) is 0 Å². The maximum atomic E-state index is 13.2. The minimum Gasteiger partial charge on any atom is -0.379 e. The van der Waals surface area contributed by atoms with Crippen molar-refractivity contribution in [1.29, 1.82) is 0 Å². The Kier molecular flexibility index (Phi) is 3.58. The van der Waals surface area contributed by atoms with Crippen molar-refractivity contribution in [2.75, 3.05) is 38.6 Å². The average Bonchev–Trinajstić information content (AvgIpc) is 2.74. The first-order chi connectivity index (χ1) is 9.65. The first-order valence-corrected chi connectivity index (χ1v) is 6.88. The fourth-order valence-electron chi connectivity index (χ4n) is 2.79. The van der Waals surface area contributed by atoms with Crippen LogP contribution in [0, 0.1) is 5.82 Å². The van der Waals surface area contributed by atoms with Crippen molar-refractivity contribution in [1.82, 2.24) is 14.5 Å². The van der Waals surface area contributed by atoms with Crippen molar-refractivity contribution < 1.29 is 9.13 Å². The molecule has 5 nitrogen and oxygen atoms in total. The van der Waals surface area contributed by atoms with E-state index in [0.717, 1.165) is 38.4 Å². The van der Waals surface area contributed by atoms with Gasteiger partial charge in [0.05, 0.1) is 24.2 Å². The molecule has 0 amide bonds. The molecule has 0 bridgehead atoms. The number of nitrogens with zero attached hydrogens (tertiary/aromatic N) is 3. The Morgan fingerprint density at radius 1 is 1.40 bits per heavy atom. The molecule has 2 N–H and O–H groups in total. The van der Waals surface area contributed by atoms with Crippen LogP contribution in [0.1, 0.15) is 13.0 Å². The third-order valence-corrected chi connectivity index (χ3v) is 3.75. The normalized spacial score (nSPS) is 18.5. The average molecular weight is 278 g/mol. The molecule has 0 aliphatic carbocycles. The highest BCUT2D eigenvalue weighted by Gasteiger charge is 2.18. The van der Waals surface area contributed by atoms with Gasteiger partial charge in [0, 0.05) is 31.7 Å². The van der Waals surface area contributed by atoms with E-state index in [2.05, 4.69) is 16.8 Å². The Labute approximate surface area is 117 Å². The van der Waals surface area contributed by atoms with E-state index in [9.17, 15) is 4.39 Å². The standard InChI is InChI=1S/C14H19FN4O/c1-10(9-18-4-6-20-7-5-18)19-13-3-2-11(15)8-12(13)17-14(19)16/h2-3,8,10H,4-7,9H2,1H3,(H2,16,17). The lowest BCUT2D eigenvalue weighted by molar-refractivity contribution is 0.0329. The number of imidazole rings is 1. The molecule has 0 saturated carbocycles. The number of hydrogen-bond donors (Lipinski definition) is 1. The number of hydrogen-bond acceptors (Lipinski definition) is 4. The van der Waals surface area contributed by atoms with Crippen LogP contribution in [0.4, 0.5) is 10.3 Å². The highest BCUT2D eigenvalue weighted by atomic mass is 19.1. The fourth-order valence-corrected chi connectivity index (χ4v) is 2.79. The number of aromatic nitrogens is 2. The molecule has 1 fully saturated rings. The van der Waals surface area contributed by atoms with Crippen LogP contribution in [0.15, 0.2) is 18.2 Å². The van der Waals surface area contributed by atoms with Crippen molar-refractivity contribution in [2.45, 2.75) is 13.0 Å². The summed E-state index contributed by atoms with van der Waals surface area (Å²) in [6.07, 6.45) is 0. The van der Waals surface area contributed by atoms with Gasteiger partial charge in [0.15, 0.2) is 0 Å². The van der Waals surface area contributed by atoms with Crippen LogP contribution in [0.2, 0.25) is 0 Å². The van der Waals surface area contributed by atoms with E-state index in [1.165, 1.54) is 12.1 Å². The van der Waals surface area contributed by atoms with Crippen LogP contribution < -0.4 is 5.73 Å². The number of anilines is 1. The molecule has 2 aromatic rings. The summed E-state index contributed by atoms with van der Waals surface area (Å²) in [5, 5.41) is 0. The highest BCUT2D eigenvalue weighted by molar-refractivity contribution is 5.78. The number of rotatable bonds is 3. The lowest BCUT2D eigenvalue weighted by Gasteiger charge is -2.30. The number of halogens is 1. The number of ether oxygens (including phenoxy) is 1. The van der Waals surface area contributed by atoms with Gasteiger partial charge in [-0.3, -0.25) is 4.90 Å². The van der Waals surface area contributed by atoms with E-state index in [1.54, 1.807) is 6.07 Å². The third kappa shape index (κ3) is 2.48. The minimum absolute atomic E-state index is 0.184. The molecule has 1 aliphatic heterocycles. The van der Waals surface area contributed by atoms with E-state index >= 15 is 0 Å². The second-order valence-corrected chi connectivity index (χ2v) is 5.24. The zero-order chi connectivity index (χ0) is 14.1. The summed E-state index contributed by atoms with van der Waals surface area (Å²) in [5.74, 6) is 0.148. The highest BCUT2D eigenvalue weighted by Crippen LogP contribution is 2.24. The van der Waals surface area contributed by atoms with E-state index < -0.39 is 0 Å². The smallest absolute Gasteiger partial charge is 0.201 e.